The first-order valence-electron chi connectivity index (χ1n) is 7.33. The summed E-state index contributed by atoms with van der Waals surface area (Å²) in [5.41, 5.74) is -0.108. The van der Waals surface area contributed by atoms with Gasteiger partial charge in [-0.25, -0.2) is 0 Å². The summed E-state index contributed by atoms with van der Waals surface area (Å²) >= 11 is 0. The summed E-state index contributed by atoms with van der Waals surface area (Å²) in [6, 6.07) is 4.33. The van der Waals surface area contributed by atoms with E-state index in [1.807, 2.05) is 0 Å². The highest BCUT2D eigenvalue weighted by atomic mass is 32.2. The van der Waals surface area contributed by atoms with Crippen molar-refractivity contribution in [3.63, 3.8) is 0 Å². The molecule has 0 radical (unpaired) electrons. The van der Waals surface area contributed by atoms with Crippen LogP contribution in [0.4, 0.5) is 18.9 Å². The first-order chi connectivity index (χ1) is 11.7. The van der Waals surface area contributed by atoms with Crippen LogP contribution < -0.4 is 10.6 Å². The third-order valence-electron chi connectivity index (χ3n) is 3.21. The molecule has 6 nitrogen and oxygen atoms in total. The Morgan fingerprint density at radius 3 is 2.76 bits per heavy atom. The van der Waals surface area contributed by atoms with Crippen LogP contribution in [-0.4, -0.2) is 28.7 Å². The van der Waals surface area contributed by atoms with Gasteiger partial charge in [0, 0.05) is 17.8 Å². The van der Waals surface area contributed by atoms with Crippen LogP contribution in [0.1, 0.15) is 25.8 Å². The van der Waals surface area contributed by atoms with Gasteiger partial charge in [-0.2, -0.15) is 18.3 Å². The van der Waals surface area contributed by atoms with Gasteiger partial charge in [-0.1, -0.05) is 6.07 Å². The number of amides is 2. The van der Waals surface area contributed by atoms with Crippen molar-refractivity contribution in [1.82, 2.24) is 5.32 Å². The number of carbonyl (C=O) groups is 2. The largest absolute Gasteiger partial charge is 0.416 e. The van der Waals surface area contributed by atoms with E-state index >= 15 is 0 Å². The zero-order valence-electron chi connectivity index (χ0n) is 13.6. The maximum Gasteiger partial charge on any atom is 0.416 e. The van der Waals surface area contributed by atoms with Gasteiger partial charge in [0.25, 0.3) is 0 Å². The summed E-state index contributed by atoms with van der Waals surface area (Å²) in [7, 11) is -0.777. The molecule has 0 aliphatic carbocycles. The molecule has 25 heavy (non-hydrogen) atoms. The van der Waals surface area contributed by atoms with E-state index in [4.69, 9.17) is 0 Å². The van der Waals surface area contributed by atoms with Crippen molar-refractivity contribution in [2.75, 3.05) is 11.2 Å². The van der Waals surface area contributed by atoms with E-state index in [-0.39, 0.29) is 18.0 Å². The minimum absolute atomic E-state index is 0.0254. The summed E-state index contributed by atoms with van der Waals surface area (Å²) in [6.45, 7) is 3.51. The van der Waals surface area contributed by atoms with E-state index in [0.29, 0.717) is 5.88 Å². The lowest BCUT2D eigenvalue weighted by Crippen LogP contribution is -2.28. The van der Waals surface area contributed by atoms with Crippen molar-refractivity contribution in [1.29, 1.82) is 0 Å². The first kappa shape index (κ1) is 19.1. The lowest BCUT2D eigenvalue weighted by Gasteiger charge is -2.11. The average molecular weight is 374 g/mol. The minimum Gasteiger partial charge on any atom is -0.345 e. The van der Waals surface area contributed by atoms with Crippen LogP contribution in [0.2, 0.25) is 0 Å². The highest BCUT2D eigenvalue weighted by molar-refractivity contribution is 7.89. The fourth-order valence-corrected chi connectivity index (χ4v) is 3.65. The lowest BCUT2D eigenvalue weighted by molar-refractivity contribution is -0.137. The number of halogens is 3. The molecule has 1 aliphatic rings. The molecule has 136 valence electrons. The van der Waals surface area contributed by atoms with Gasteiger partial charge in [0.15, 0.2) is 0 Å². The number of hydrogen-bond donors (Lipinski definition) is 2. The SMILES string of the molecule is CC(C)=N/N=S1\CNC(=O)C1CC(=O)Nc1cccc(C(F)(F)F)c1. The second-order valence-electron chi connectivity index (χ2n) is 5.53. The Kier molecular flexibility index (Phi) is 5.93. The lowest BCUT2D eigenvalue weighted by atomic mass is 10.2. The molecule has 2 unspecified atom stereocenters. The second-order valence-corrected chi connectivity index (χ2v) is 7.36. The van der Waals surface area contributed by atoms with Crippen molar-refractivity contribution in [3.8, 4) is 0 Å². The van der Waals surface area contributed by atoms with Crippen molar-refractivity contribution >= 4 is 33.9 Å². The van der Waals surface area contributed by atoms with E-state index in [0.717, 1.165) is 17.8 Å². The standard InChI is InChI=1S/C15H17F3N4O2S/c1-9(2)21-22-25-8-19-14(24)12(25)7-13(23)20-11-5-3-4-10(6-11)15(16,17)18/h3-6,12H,7-8H2,1-2H3,(H,19,24)(H,20,23). The molecule has 1 aliphatic heterocycles. The average Bonchev–Trinajstić information content (AvgIpc) is 2.85. The maximum atomic E-state index is 12.7. The predicted octanol–water partition coefficient (Wildman–Crippen LogP) is 2.69. The third-order valence-corrected chi connectivity index (χ3v) is 4.97. The van der Waals surface area contributed by atoms with Gasteiger partial charge in [0.2, 0.25) is 11.8 Å². The minimum atomic E-state index is -4.49. The van der Waals surface area contributed by atoms with E-state index < -0.39 is 33.6 Å². The van der Waals surface area contributed by atoms with Crippen LogP contribution in [0, 0.1) is 0 Å². The molecule has 2 amide bonds. The van der Waals surface area contributed by atoms with Crippen molar-refractivity contribution in [2.24, 2.45) is 9.57 Å². The Balaban J connectivity index is 2.08. The number of benzene rings is 1. The Morgan fingerprint density at radius 1 is 1.40 bits per heavy atom. The zero-order chi connectivity index (χ0) is 18.6. The summed E-state index contributed by atoms with van der Waals surface area (Å²) in [5, 5.41) is 8.27. The molecule has 1 saturated heterocycles. The summed E-state index contributed by atoms with van der Waals surface area (Å²) in [6.07, 6.45) is -4.67. The van der Waals surface area contributed by atoms with Crippen LogP contribution in [0.3, 0.4) is 0 Å². The van der Waals surface area contributed by atoms with Gasteiger partial charge in [-0.05, 0) is 42.7 Å². The highest BCUT2D eigenvalue weighted by Crippen LogP contribution is 2.30. The molecule has 1 fully saturated rings. The smallest absolute Gasteiger partial charge is 0.345 e. The molecule has 0 aromatic heterocycles. The Morgan fingerprint density at radius 2 is 2.12 bits per heavy atom. The number of carbonyl (C=O) groups excluding carboxylic acids is 2. The van der Waals surface area contributed by atoms with Gasteiger partial charge < -0.3 is 10.6 Å². The van der Waals surface area contributed by atoms with E-state index in [9.17, 15) is 22.8 Å². The van der Waals surface area contributed by atoms with Gasteiger partial charge in [0.1, 0.15) is 5.25 Å². The molecular weight excluding hydrogens is 357 g/mol. The van der Waals surface area contributed by atoms with E-state index in [1.165, 1.54) is 12.1 Å². The molecule has 2 atom stereocenters. The van der Waals surface area contributed by atoms with Gasteiger partial charge in [-0.15, -0.1) is 4.47 Å². The Hall–Kier alpha value is -2.23. The van der Waals surface area contributed by atoms with Crippen LogP contribution in [0.15, 0.2) is 33.8 Å². The highest BCUT2D eigenvalue weighted by Gasteiger charge is 2.33. The number of rotatable bonds is 4. The summed E-state index contributed by atoms with van der Waals surface area (Å²) in [4.78, 5) is 24.0. The number of anilines is 1. The fraction of sp³-hybridized carbons (Fsp3) is 0.400. The molecule has 1 aromatic carbocycles. The summed E-state index contributed by atoms with van der Waals surface area (Å²) < 4.78 is 42.2. The summed E-state index contributed by atoms with van der Waals surface area (Å²) in [5.74, 6) is -0.557. The van der Waals surface area contributed by atoms with Crippen LogP contribution in [0.5, 0.6) is 0 Å². The van der Waals surface area contributed by atoms with Crippen LogP contribution in [-0.2, 0) is 26.5 Å². The number of nitrogens with one attached hydrogen (secondary N) is 2. The maximum absolute atomic E-state index is 12.7. The number of hydrogen-bond acceptors (Lipinski definition) is 3. The molecule has 0 spiro atoms. The van der Waals surface area contributed by atoms with Gasteiger partial charge in [-0.3, -0.25) is 9.59 Å². The van der Waals surface area contributed by atoms with Crippen molar-refractivity contribution in [3.05, 3.63) is 29.8 Å². The molecule has 0 saturated carbocycles. The van der Waals surface area contributed by atoms with Crippen molar-refractivity contribution < 1.29 is 22.8 Å². The molecule has 0 bridgehead atoms. The second kappa shape index (κ2) is 7.77. The zero-order valence-corrected chi connectivity index (χ0v) is 14.4. The van der Waals surface area contributed by atoms with E-state index in [2.05, 4.69) is 20.2 Å². The molecule has 10 heteroatoms. The number of alkyl halides is 3. The normalized spacial score (nSPS) is 20.3. The van der Waals surface area contributed by atoms with Gasteiger partial charge in [0.05, 0.1) is 11.4 Å². The Bertz CT molecular complexity index is 743. The molecule has 1 heterocycles. The predicted molar refractivity (Wildman–Crippen MR) is 90.1 cm³/mol. The quantitative estimate of drug-likeness (QED) is 0.627. The molecular formula is C15H17F3N4O2S. The van der Waals surface area contributed by atoms with Crippen molar-refractivity contribution in [2.45, 2.75) is 31.7 Å². The monoisotopic (exact) mass is 374 g/mol. The first-order valence-corrected chi connectivity index (χ1v) is 8.75. The topological polar surface area (TPSA) is 82.9 Å². The van der Waals surface area contributed by atoms with Crippen LogP contribution >= 0.6 is 0 Å². The molecule has 2 rings (SSSR count). The van der Waals surface area contributed by atoms with Gasteiger partial charge >= 0.3 is 6.18 Å². The molecule has 1 aromatic rings. The number of nitrogens with zero attached hydrogens (tertiary/aromatic N) is 2. The Labute approximate surface area is 145 Å². The fourth-order valence-electron chi connectivity index (χ4n) is 2.05. The molecule has 2 N–H and O–H groups in total. The van der Waals surface area contributed by atoms with Crippen LogP contribution in [0.25, 0.3) is 0 Å². The van der Waals surface area contributed by atoms with E-state index in [1.54, 1.807) is 13.8 Å². The third kappa shape index (κ3) is 5.38.